The third-order valence-corrected chi connectivity index (χ3v) is 4.72. The van der Waals surface area contributed by atoms with Gasteiger partial charge in [0.25, 0.3) is 0 Å². The van der Waals surface area contributed by atoms with Gasteiger partial charge in [-0.05, 0) is 29.9 Å². The molecular formula is C19H27NO4. The average molecular weight is 333 g/mol. The van der Waals surface area contributed by atoms with Crippen molar-refractivity contribution in [3.8, 4) is 0 Å². The lowest BCUT2D eigenvalue weighted by Crippen LogP contribution is -2.49. The number of carbonyl (C=O) groups excluding carboxylic acids is 2. The summed E-state index contributed by atoms with van der Waals surface area (Å²) in [5.74, 6) is -0.0502. The smallest absolute Gasteiger partial charge is 0.415 e. The lowest BCUT2D eigenvalue weighted by Gasteiger charge is -2.39. The molecule has 2 unspecified atom stereocenters. The molecule has 1 heterocycles. The first-order chi connectivity index (χ1) is 11.3. The topological polar surface area (TPSA) is 55.8 Å². The normalized spacial score (nSPS) is 21.1. The van der Waals surface area contributed by atoms with Gasteiger partial charge in [0.2, 0.25) is 0 Å². The van der Waals surface area contributed by atoms with Crippen LogP contribution in [0.2, 0.25) is 0 Å². The van der Waals surface area contributed by atoms with Crippen LogP contribution in [0.4, 0.5) is 10.5 Å². The molecule has 0 aromatic heterocycles. The van der Waals surface area contributed by atoms with E-state index in [0.717, 1.165) is 5.69 Å². The van der Waals surface area contributed by atoms with Crippen LogP contribution in [0.25, 0.3) is 0 Å². The molecule has 1 aromatic carbocycles. The molecule has 5 nitrogen and oxygen atoms in total. The quantitative estimate of drug-likeness (QED) is 0.738. The number of nitrogens with zero attached hydrogens (tertiary/aromatic N) is 1. The van der Waals surface area contributed by atoms with E-state index < -0.39 is 0 Å². The van der Waals surface area contributed by atoms with Gasteiger partial charge in [-0.3, -0.25) is 9.69 Å². The Balaban J connectivity index is 2.35. The Kier molecular flexibility index (Phi) is 5.52. The van der Waals surface area contributed by atoms with Gasteiger partial charge >= 0.3 is 12.1 Å². The SMILES string of the molecule is COC(=O)CCC(C)(C)C1C(C(C)C)OC(=O)N1c1ccccc1. The molecule has 1 fully saturated rings. The number of cyclic esters (lactones) is 1. The van der Waals surface area contributed by atoms with Gasteiger partial charge in [-0.1, -0.05) is 45.9 Å². The van der Waals surface area contributed by atoms with Gasteiger partial charge in [-0.2, -0.15) is 0 Å². The van der Waals surface area contributed by atoms with Crippen LogP contribution in [0.5, 0.6) is 0 Å². The number of amides is 1. The summed E-state index contributed by atoms with van der Waals surface area (Å²) in [6, 6.07) is 9.41. The summed E-state index contributed by atoms with van der Waals surface area (Å²) >= 11 is 0. The molecule has 132 valence electrons. The van der Waals surface area contributed by atoms with E-state index in [4.69, 9.17) is 9.47 Å². The Morgan fingerprint density at radius 1 is 1.29 bits per heavy atom. The zero-order chi connectivity index (χ0) is 17.9. The van der Waals surface area contributed by atoms with E-state index >= 15 is 0 Å². The van der Waals surface area contributed by atoms with Gasteiger partial charge in [-0.25, -0.2) is 4.79 Å². The van der Waals surface area contributed by atoms with Gasteiger partial charge in [0.05, 0.1) is 13.2 Å². The van der Waals surface area contributed by atoms with Crippen molar-refractivity contribution >= 4 is 17.7 Å². The summed E-state index contributed by atoms with van der Waals surface area (Å²) in [7, 11) is 1.39. The number of para-hydroxylation sites is 1. The van der Waals surface area contributed by atoms with Crippen LogP contribution in [0, 0.1) is 11.3 Å². The number of benzene rings is 1. The van der Waals surface area contributed by atoms with E-state index in [-0.39, 0.29) is 35.5 Å². The van der Waals surface area contributed by atoms with Crippen molar-refractivity contribution in [2.45, 2.75) is 52.7 Å². The minimum Gasteiger partial charge on any atom is -0.469 e. The van der Waals surface area contributed by atoms with Crippen LogP contribution in [0.1, 0.15) is 40.5 Å². The van der Waals surface area contributed by atoms with Crippen LogP contribution in [-0.2, 0) is 14.3 Å². The Bertz CT molecular complexity index is 582. The Labute approximate surface area is 143 Å². The molecule has 0 saturated carbocycles. The third-order valence-electron chi connectivity index (χ3n) is 4.72. The molecule has 1 aliphatic rings. The van der Waals surface area contributed by atoms with Gasteiger partial charge < -0.3 is 9.47 Å². The number of anilines is 1. The second-order valence-electron chi connectivity index (χ2n) is 7.31. The molecule has 0 bridgehead atoms. The molecule has 1 aromatic rings. The van der Waals surface area contributed by atoms with Crippen molar-refractivity contribution in [1.29, 1.82) is 0 Å². The van der Waals surface area contributed by atoms with Gasteiger partial charge in [-0.15, -0.1) is 0 Å². The summed E-state index contributed by atoms with van der Waals surface area (Å²) < 4.78 is 10.5. The lowest BCUT2D eigenvalue weighted by atomic mass is 9.75. The number of methoxy groups -OCH3 is 1. The molecule has 0 N–H and O–H groups in total. The highest BCUT2D eigenvalue weighted by atomic mass is 16.6. The first kappa shape index (κ1) is 18.3. The maximum absolute atomic E-state index is 12.6. The predicted octanol–water partition coefficient (Wildman–Crippen LogP) is 4.02. The Morgan fingerprint density at radius 3 is 2.46 bits per heavy atom. The lowest BCUT2D eigenvalue weighted by molar-refractivity contribution is -0.141. The fourth-order valence-electron chi connectivity index (χ4n) is 3.32. The predicted molar refractivity (Wildman–Crippen MR) is 92.8 cm³/mol. The van der Waals surface area contributed by atoms with Crippen molar-refractivity contribution in [2.75, 3.05) is 12.0 Å². The van der Waals surface area contributed by atoms with Crippen molar-refractivity contribution in [3.63, 3.8) is 0 Å². The van der Waals surface area contributed by atoms with E-state index in [0.29, 0.717) is 12.8 Å². The molecule has 0 spiro atoms. The summed E-state index contributed by atoms with van der Waals surface area (Å²) in [4.78, 5) is 25.9. The summed E-state index contributed by atoms with van der Waals surface area (Å²) in [5, 5.41) is 0. The van der Waals surface area contributed by atoms with E-state index in [1.165, 1.54) is 7.11 Å². The fourth-order valence-corrected chi connectivity index (χ4v) is 3.32. The Hall–Kier alpha value is -2.04. The van der Waals surface area contributed by atoms with Crippen molar-refractivity contribution in [2.24, 2.45) is 11.3 Å². The van der Waals surface area contributed by atoms with Gasteiger partial charge in [0, 0.05) is 12.1 Å². The van der Waals surface area contributed by atoms with Gasteiger partial charge in [0.1, 0.15) is 6.10 Å². The first-order valence-electron chi connectivity index (χ1n) is 8.39. The monoisotopic (exact) mass is 333 g/mol. The van der Waals surface area contributed by atoms with Gasteiger partial charge in [0.15, 0.2) is 0 Å². The molecule has 5 heteroatoms. The van der Waals surface area contributed by atoms with Crippen LogP contribution in [0.3, 0.4) is 0 Å². The van der Waals surface area contributed by atoms with E-state index in [1.807, 2.05) is 30.3 Å². The van der Waals surface area contributed by atoms with E-state index in [9.17, 15) is 9.59 Å². The average Bonchev–Trinajstić information content (AvgIpc) is 2.92. The second kappa shape index (κ2) is 7.24. The number of ether oxygens (including phenoxy) is 2. The highest BCUT2D eigenvalue weighted by Gasteiger charge is 2.51. The van der Waals surface area contributed by atoms with E-state index in [1.54, 1.807) is 4.90 Å². The zero-order valence-corrected chi connectivity index (χ0v) is 15.1. The minimum atomic E-state index is -0.323. The molecule has 2 atom stereocenters. The highest BCUT2D eigenvalue weighted by Crippen LogP contribution is 2.42. The summed E-state index contributed by atoms with van der Waals surface area (Å²) in [6.45, 7) is 8.26. The third kappa shape index (κ3) is 3.71. The van der Waals surface area contributed by atoms with Crippen molar-refractivity contribution in [3.05, 3.63) is 30.3 Å². The highest BCUT2D eigenvalue weighted by molar-refractivity contribution is 5.91. The molecular weight excluding hydrogens is 306 g/mol. The maximum Gasteiger partial charge on any atom is 0.415 e. The summed E-state index contributed by atoms with van der Waals surface area (Å²) in [6.07, 6.45) is 0.399. The second-order valence-corrected chi connectivity index (χ2v) is 7.31. The molecule has 1 amide bonds. The number of esters is 1. The van der Waals surface area contributed by atoms with Crippen LogP contribution < -0.4 is 4.90 Å². The molecule has 0 radical (unpaired) electrons. The molecule has 0 aliphatic carbocycles. The number of hydrogen-bond acceptors (Lipinski definition) is 4. The fraction of sp³-hybridized carbons (Fsp3) is 0.579. The Morgan fingerprint density at radius 2 is 1.92 bits per heavy atom. The number of hydrogen-bond donors (Lipinski definition) is 0. The standard InChI is InChI=1S/C19H27NO4/c1-13(2)16-17(19(3,4)12-11-15(21)23-5)20(18(22)24-16)14-9-7-6-8-10-14/h6-10,13,16-17H,11-12H2,1-5H3. The molecule has 1 saturated heterocycles. The first-order valence-corrected chi connectivity index (χ1v) is 8.39. The zero-order valence-electron chi connectivity index (χ0n) is 15.1. The number of rotatable bonds is 6. The van der Waals surface area contributed by atoms with E-state index in [2.05, 4.69) is 27.7 Å². The largest absolute Gasteiger partial charge is 0.469 e. The molecule has 1 aliphatic heterocycles. The van der Waals surface area contributed by atoms with Crippen LogP contribution >= 0.6 is 0 Å². The number of carbonyl (C=O) groups is 2. The van der Waals surface area contributed by atoms with Crippen molar-refractivity contribution in [1.82, 2.24) is 0 Å². The van der Waals surface area contributed by atoms with Crippen molar-refractivity contribution < 1.29 is 19.1 Å². The van der Waals surface area contributed by atoms with Crippen LogP contribution in [-0.4, -0.2) is 31.3 Å². The molecule has 24 heavy (non-hydrogen) atoms. The molecule has 2 rings (SSSR count). The summed E-state index contributed by atoms with van der Waals surface area (Å²) in [5.41, 5.74) is 0.521. The minimum absolute atomic E-state index is 0.142. The van der Waals surface area contributed by atoms with Crippen LogP contribution in [0.15, 0.2) is 30.3 Å². The maximum atomic E-state index is 12.6.